The fourth-order valence-corrected chi connectivity index (χ4v) is 1.78. The summed E-state index contributed by atoms with van der Waals surface area (Å²) in [5.41, 5.74) is 7.73. The lowest BCUT2D eigenvalue weighted by Crippen LogP contribution is -1.95. The molecule has 17 heavy (non-hydrogen) atoms. The number of nitrogens with two attached hydrogens (primary N) is 1. The van der Waals surface area contributed by atoms with Crippen LogP contribution in [0.15, 0.2) is 28.8 Å². The number of hydrogen-bond donors (Lipinski definition) is 1. The predicted octanol–water partition coefficient (Wildman–Crippen LogP) is 2.04. The average molecular weight is 232 g/mol. The van der Waals surface area contributed by atoms with Gasteiger partial charge < -0.3 is 14.9 Å². The van der Waals surface area contributed by atoms with Gasteiger partial charge in [0.2, 0.25) is 5.89 Å². The molecule has 90 valence electrons. The smallest absolute Gasteiger partial charge is 0.208 e. The zero-order valence-electron chi connectivity index (χ0n) is 10.1. The van der Waals surface area contributed by atoms with Crippen LogP contribution in [0.25, 0.3) is 0 Å². The monoisotopic (exact) mass is 232 g/mol. The molecule has 1 aromatic heterocycles. The van der Waals surface area contributed by atoms with Crippen molar-refractivity contribution in [1.29, 1.82) is 0 Å². The molecule has 0 saturated carbocycles. The van der Waals surface area contributed by atoms with Crippen molar-refractivity contribution < 1.29 is 9.15 Å². The van der Waals surface area contributed by atoms with Crippen LogP contribution in [0, 0.1) is 6.92 Å². The molecule has 2 rings (SSSR count). The van der Waals surface area contributed by atoms with Crippen LogP contribution in [-0.4, -0.2) is 12.1 Å². The van der Waals surface area contributed by atoms with Crippen LogP contribution in [-0.2, 0) is 13.0 Å². The van der Waals surface area contributed by atoms with Gasteiger partial charge in [-0.15, -0.1) is 0 Å². The Labute approximate surface area is 100 Å². The molecule has 0 spiro atoms. The van der Waals surface area contributed by atoms with Gasteiger partial charge in [-0.3, -0.25) is 0 Å². The molecule has 1 heterocycles. The van der Waals surface area contributed by atoms with E-state index in [-0.39, 0.29) is 0 Å². The molecule has 0 radical (unpaired) electrons. The molecule has 0 bridgehead atoms. The van der Waals surface area contributed by atoms with Gasteiger partial charge in [-0.25, -0.2) is 4.98 Å². The number of methoxy groups -OCH3 is 1. The maximum Gasteiger partial charge on any atom is 0.208 e. The molecule has 1 aromatic carbocycles. The summed E-state index contributed by atoms with van der Waals surface area (Å²) < 4.78 is 10.7. The summed E-state index contributed by atoms with van der Waals surface area (Å²) in [5.74, 6) is 2.30. The van der Waals surface area contributed by atoms with Gasteiger partial charge in [0.1, 0.15) is 11.5 Å². The van der Waals surface area contributed by atoms with Crippen LogP contribution in [0.3, 0.4) is 0 Å². The highest BCUT2D eigenvalue weighted by Crippen LogP contribution is 2.20. The van der Waals surface area contributed by atoms with Crippen molar-refractivity contribution in [2.24, 2.45) is 5.73 Å². The standard InChI is InChI=1S/C13H16N2O2/c1-9-5-10(3-4-12(9)16-2)6-11-8-15-13(7-14)17-11/h3-5,8H,6-7,14H2,1-2H3. The molecule has 0 aliphatic rings. The van der Waals surface area contributed by atoms with Crippen LogP contribution < -0.4 is 10.5 Å². The molecule has 0 atom stereocenters. The third kappa shape index (κ3) is 2.65. The fraction of sp³-hybridized carbons (Fsp3) is 0.308. The third-order valence-corrected chi connectivity index (χ3v) is 2.61. The lowest BCUT2D eigenvalue weighted by Gasteiger charge is -2.06. The number of ether oxygens (including phenoxy) is 1. The highest BCUT2D eigenvalue weighted by atomic mass is 16.5. The summed E-state index contributed by atoms with van der Waals surface area (Å²) in [6.07, 6.45) is 2.44. The van der Waals surface area contributed by atoms with Gasteiger partial charge >= 0.3 is 0 Å². The molecule has 0 fully saturated rings. The summed E-state index contributed by atoms with van der Waals surface area (Å²) in [7, 11) is 1.67. The Balaban J connectivity index is 2.15. The van der Waals surface area contributed by atoms with Gasteiger partial charge in [-0.05, 0) is 24.1 Å². The Morgan fingerprint density at radius 3 is 2.82 bits per heavy atom. The van der Waals surface area contributed by atoms with E-state index in [1.807, 2.05) is 19.1 Å². The van der Waals surface area contributed by atoms with Gasteiger partial charge in [-0.2, -0.15) is 0 Å². The summed E-state index contributed by atoms with van der Waals surface area (Å²) >= 11 is 0. The minimum atomic E-state index is 0.335. The Morgan fingerprint density at radius 1 is 1.41 bits per heavy atom. The predicted molar refractivity (Wildman–Crippen MR) is 64.9 cm³/mol. The van der Waals surface area contributed by atoms with E-state index in [9.17, 15) is 0 Å². The molecule has 2 aromatic rings. The zero-order valence-corrected chi connectivity index (χ0v) is 10.1. The van der Waals surface area contributed by atoms with Crippen molar-refractivity contribution in [3.63, 3.8) is 0 Å². The van der Waals surface area contributed by atoms with Gasteiger partial charge in [0, 0.05) is 6.42 Å². The molecule has 0 aliphatic carbocycles. The largest absolute Gasteiger partial charge is 0.496 e. The second-order valence-electron chi connectivity index (χ2n) is 3.91. The van der Waals surface area contributed by atoms with E-state index in [2.05, 4.69) is 11.1 Å². The van der Waals surface area contributed by atoms with Gasteiger partial charge in [0.15, 0.2) is 0 Å². The first-order chi connectivity index (χ1) is 8.22. The van der Waals surface area contributed by atoms with E-state index in [1.54, 1.807) is 13.3 Å². The lowest BCUT2D eigenvalue weighted by molar-refractivity contribution is 0.411. The maximum atomic E-state index is 5.47. The fourth-order valence-electron chi connectivity index (χ4n) is 1.78. The number of aromatic nitrogens is 1. The normalized spacial score (nSPS) is 10.5. The molecular weight excluding hydrogens is 216 g/mol. The van der Waals surface area contributed by atoms with E-state index in [0.717, 1.165) is 23.5 Å². The van der Waals surface area contributed by atoms with Crippen LogP contribution in [0.5, 0.6) is 5.75 Å². The SMILES string of the molecule is COc1ccc(Cc2cnc(CN)o2)cc1C. The molecule has 4 heteroatoms. The molecule has 0 unspecified atom stereocenters. The second kappa shape index (κ2) is 5.01. The molecular formula is C13H16N2O2. The Kier molecular flexibility index (Phi) is 3.44. The zero-order chi connectivity index (χ0) is 12.3. The lowest BCUT2D eigenvalue weighted by atomic mass is 10.1. The summed E-state index contributed by atoms with van der Waals surface area (Å²) in [5, 5.41) is 0. The average Bonchev–Trinajstić information content (AvgIpc) is 2.77. The molecule has 0 saturated heterocycles. The number of aryl methyl sites for hydroxylation is 1. The van der Waals surface area contributed by atoms with Crippen molar-refractivity contribution in [2.75, 3.05) is 7.11 Å². The number of hydrogen-bond acceptors (Lipinski definition) is 4. The minimum absolute atomic E-state index is 0.335. The number of rotatable bonds is 4. The molecule has 0 amide bonds. The van der Waals surface area contributed by atoms with Crippen molar-refractivity contribution in [1.82, 2.24) is 4.98 Å². The van der Waals surface area contributed by atoms with Crippen LogP contribution in [0.4, 0.5) is 0 Å². The first-order valence-corrected chi connectivity index (χ1v) is 5.50. The van der Waals surface area contributed by atoms with E-state index in [1.165, 1.54) is 5.56 Å². The van der Waals surface area contributed by atoms with E-state index >= 15 is 0 Å². The first-order valence-electron chi connectivity index (χ1n) is 5.50. The Bertz CT molecular complexity index is 506. The number of nitrogens with zero attached hydrogens (tertiary/aromatic N) is 1. The van der Waals surface area contributed by atoms with Gasteiger partial charge in [0.05, 0.1) is 19.9 Å². The van der Waals surface area contributed by atoms with Crippen molar-refractivity contribution in [3.05, 3.63) is 47.2 Å². The van der Waals surface area contributed by atoms with E-state index in [0.29, 0.717) is 12.4 Å². The molecule has 2 N–H and O–H groups in total. The minimum Gasteiger partial charge on any atom is -0.496 e. The van der Waals surface area contributed by atoms with Crippen LogP contribution in [0.2, 0.25) is 0 Å². The van der Waals surface area contributed by atoms with Crippen molar-refractivity contribution in [2.45, 2.75) is 19.9 Å². The van der Waals surface area contributed by atoms with Crippen molar-refractivity contribution >= 4 is 0 Å². The third-order valence-electron chi connectivity index (χ3n) is 2.61. The molecule has 4 nitrogen and oxygen atoms in total. The highest BCUT2D eigenvalue weighted by molar-refractivity contribution is 5.37. The topological polar surface area (TPSA) is 61.3 Å². The van der Waals surface area contributed by atoms with Gasteiger partial charge in [-0.1, -0.05) is 12.1 Å². The first kappa shape index (κ1) is 11.7. The highest BCUT2D eigenvalue weighted by Gasteiger charge is 2.05. The number of benzene rings is 1. The summed E-state index contributed by atoms with van der Waals surface area (Å²) in [4.78, 5) is 4.07. The van der Waals surface area contributed by atoms with Crippen LogP contribution in [0.1, 0.15) is 22.8 Å². The maximum absolute atomic E-state index is 5.47. The van der Waals surface area contributed by atoms with E-state index < -0.39 is 0 Å². The van der Waals surface area contributed by atoms with Gasteiger partial charge in [0.25, 0.3) is 0 Å². The Morgan fingerprint density at radius 2 is 2.24 bits per heavy atom. The summed E-state index contributed by atoms with van der Waals surface area (Å²) in [6, 6.07) is 6.07. The second-order valence-corrected chi connectivity index (χ2v) is 3.91. The number of oxazole rings is 1. The summed E-state index contributed by atoms with van der Waals surface area (Å²) in [6.45, 7) is 2.36. The van der Waals surface area contributed by atoms with Crippen molar-refractivity contribution in [3.8, 4) is 5.75 Å². The Hall–Kier alpha value is -1.81. The molecule has 0 aliphatic heterocycles. The quantitative estimate of drug-likeness (QED) is 0.876. The van der Waals surface area contributed by atoms with E-state index in [4.69, 9.17) is 14.9 Å². The van der Waals surface area contributed by atoms with Crippen LogP contribution >= 0.6 is 0 Å².